The highest BCUT2D eigenvalue weighted by Crippen LogP contribution is 2.25. The van der Waals surface area contributed by atoms with E-state index < -0.39 is 0 Å². The van der Waals surface area contributed by atoms with Crippen molar-refractivity contribution in [3.05, 3.63) is 101 Å². The number of hydrogen-bond acceptors (Lipinski definition) is 5. The standard InChI is InChI=1S/C26H22ClN3O3/c1-32-22-6-3-7-23(17-22)33-24-13-15-28-25(30-24)19-4-2-5-20(16-19)26(31)29-14-12-18-8-10-21(27)11-9-18/h2-11,13,15-17H,12,14H2,1H3,(H,29,31). The minimum absolute atomic E-state index is 0.158. The predicted octanol–water partition coefficient (Wildman–Crippen LogP) is 5.57. The van der Waals surface area contributed by atoms with Crippen LogP contribution in [0.3, 0.4) is 0 Å². The lowest BCUT2D eigenvalue weighted by Crippen LogP contribution is -2.25. The van der Waals surface area contributed by atoms with Gasteiger partial charge in [-0.3, -0.25) is 4.79 Å². The van der Waals surface area contributed by atoms with Crippen molar-refractivity contribution in [2.24, 2.45) is 0 Å². The third-order valence-electron chi connectivity index (χ3n) is 4.89. The summed E-state index contributed by atoms with van der Waals surface area (Å²) >= 11 is 5.91. The Morgan fingerprint density at radius 3 is 2.58 bits per heavy atom. The lowest BCUT2D eigenvalue weighted by atomic mass is 10.1. The minimum atomic E-state index is -0.158. The van der Waals surface area contributed by atoms with Crippen LogP contribution in [-0.4, -0.2) is 29.5 Å². The van der Waals surface area contributed by atoms with Crippen molar-refractivity contribution in [2.45, 2.75) is 6.42 Å². The molecule has 0 radical (unpaired) electrons. The Morgan fingerprint density at radius 1 is 0.970 bits per heavy atom. The van der Waals surface area contributed by atoms with E-state index in [9.17, 15) is 4.79 Å². The van der Waals surface area contributed by atoms with Gasteiger partial charge in [0.25, 0.3) is 5.91 Å². The molecule has 0 aliphatic rings. The quantitative estimate of drug-likeness (QED) is 0.373. The molecule has 6 nitrogen and oxygen atoms in total. The Kier molecular flexibility index (Phi) is 7.17. The third kappa shape index (κ3) is 6.08. The average Bonchev–Trinajstić information content (AvgIpc) is 2.85. The summed E-state index contributed by atoms with van der Waals surface area (Å²) < 4.78 is 11.1. The number of halogens is 1. The van der Waals surface area contributed by atoms with E-state index in [0.717, 1.165) is 17.5 Å². The summed E-state index contributed by atoms with van der Waals surface area (Å²) in [6.07, 6.45) is 2.34. The number of carbonyl (C=O) groups is 1. The normalized spacial score (nSPS) is 10.5. The van der Waals surface area contributed by atoms with Crippen LogP contribution in [0.1, 0.15) is 15.9 Å². The molecule has 7 heteroatoms. The number of rotatable bonds is 8. The summed E-state index contributed by atoms with van der Waals surface area (Å²) in [5.41, 5.74) is 2.36. The van der Waals surface area contributed by atoms with Crippen LogP contribution in [0.5, 0.6) is 17.4 Å². The van der Waals surface area contributed by atoms with Crippen LogP contribution < -0.4 is 14.8 Å². The molecule has 0 fully saturated rings. The molecular weight excluding hydrogens is 438 g/mol. The van der Waals surface area contributed by atoms with Crippen molar-refractivity contribution in [3.8, 4) is 28.8 Å². The molecule has 4 rings (SSSR count). The van der Waals surface area contributed by atoms with E-state index in [1.165, 1.54) is 0 Å². The maximum Gasteiger partial charge on any atom is 0.251 e. The molecule has 0 bridgehead atoms. The lowest BCUT2D eigenvalue weighted by Gasteiger charge is -2.09. The van der Waals surface area contributed by atoms with Crippen LogP contribution in [0.15, 0.2) is 85.1 Å². The topological polar surface area (TPSA) is 73.3 Å². The fraction of sp³-hybridized carbons (Fsp3) is 0.115. The van der Waals surface area contributed by atoms with E-state index in [2.05, 4.69) is 15.3 Å². The molecule has 3 aromatic carbocycles. The van der Waals surface area contributed by atoms with Gasteiger partial charge in [-0.05, 0) is 48.4 Å². The maximum atomic E-state index is 12.6. The van der Waals surface area contributed by atoms with Crippen molar-refractivity contribution >= 4 is 17.5 Å². The predicted molar refractivity (Wildman–Crippen MR) is 128 cm³/mol. The summed E-state index contributed by atoms with van der Waals surface area (Å²) in [7, 11) is 1.60. The number of methoxy groups -OCH3 is 1. The third-order valence-corrected chi connectivity index (χ3v) is 5.14. The highest BCUT2D eigenvalue weighted by molar-refractivity contribution is 6.30. The first kappa shape index (κ1) is 22.3. The van der Waals surface area contributed by atoms with Crippen molar-refractivity contribution in [2.75, 3.05) is 13.7 Å². The van der Waals surface area contributed by atoms with Gasteiger partial charge in [0.1, 0.15) is 11.5 Å². The van der Waals surface area contributed by atoms with Gasteiger partial charge in [0, 0.05) is 41.0 Å². The molecule has 4 aromatic rings. The SMILES string of the molecule is COc1cccc(Oc2ccnc(-c3cccc(C(=O)NCCc4ccc(Cl)cc4)c3)n2)c1. The molecule has 33 heavy (non-hydrogen) atoms. The van der Waals surface area contributed by atoms with Crippen LogP contribution in [0, 0.1) is 0 Å². The van der Waals surface area contributed by atoms with Crippen LogP contribution in [0.25, 0.3) is 11.4 Å². The van der Waals surface area contributed by atoms with Gasteiger partial charge in [0.15, 0.2) is 5.82 Å². The molecule has 0 atom stereocenters. The number of aromatic nitrogens is 2. The molecule has 1 amide bonds. The van der Waals surface area contributed by atoms with Crippen molar-refractivity contribution in [1.29, 1.82) is 0 Å². The number of benzene rings is 3. The van der Waals surface area contributed by atoms with E-state index in [1.54, 1.807) is 37.6 Å². The van der Waals surface area contributed by atoms with Gasteiger partial charge in [0.2, 0.25) is 5.88 Å². The summed E-state index contributed by atoms with van der Waals surface area (Å²) in [5.74, 6) is 2.00. The summed E-state index contributed by atoms with van der Waals surface area (Å²) in [5, 5.41) is 3.64. The first-order chi connectivity index (χ1) is 16.1. The van der Waals surface area contributed by atoms with Gasteiger partial charge < -0.3 is 14.8 Å². The van der Waals surface area contributed by atoms with E-state index in [-0.39, 0.29) is 5.91 Å². The van der Waals surface area contributed by atoms with Gasteiger partial charge in [-0.15, -0.1) is 0 Å². The Balaban J connectivity index is 1.43. The van der Waals surface area contributed by atoms with Crippen molar-refractivity contribution < 1.29 is 14.3 Å². The number of nitrogens with one attached hydrogen (secondary N) is 1. The molecule has 1 N–H and O–H groups in total. The summed E-state index contributed by atoms with van der Waals surface area (Å²) in [6, 6.07) is 23.7. The highest BCUT2D eigenvalue weighted by atomic mass is 35.5. The van der Waals surface area contributed by atoms with Crippen LogP contribution >= 0.6 is 11.6 Å². The molecule has 0 aliphatic carbocycles. The first-order valence-electron chi connectivity index (χ1n) is 10.4. The van der Waals surface area contributed by atoms with Crippen molar-refractivity contribution in [1.82, 2.24) is 15.3 Å². The van der Waals surface area contributed by atoms with Crippen molar-refractivity contribution in [3.63, 3.8) is 0 Å². The zero-order chi connectivity index (χ0) is 23.0. The second-order valence-corrected chi connectivity index (χ2v) is 7.65. The Bertz CT molecular complexity index is 1250. The molecular formula is C26H22ClN3O3. The van der Waals surface area contributed by atoms with E-state index in [4.69, 9.17) is 21.1 Å². The largest absolute Gasteiger partial charge is 0.497 e. The molecule has 1 aromatic heterocycles. The maximum absolute atomic E-state index is 12.6. The number of hydrogen-bond donors (Lipinski definition) is 1. The fourth-order valence-electron chi connectivity index (χ4n) is 3.20. The number of ether oxygens (including phenoxy) is 2. The molecule has 0 aliphatic heterocycles. The number of carbonyl (C=O) groups excluding carboxylic acids is 1. The van der Waals surface area contributed by atoms with Crippen LogP contribution in [-0.2, 0) is 6.42 Å². The zero-order valence-corrected chi connectivity index (χ0v) is 18.8. The fourth-order valence-corrected chi connectivity index (χ4v) is 3.32. The summed E-state index contributed by atoms with van der Waals surface area (Å²) in [6.45, 7) is 0.519. The smallest absolute Gasteiger partial charge is 0.251 e. The van der Waals surface area contributed by atoms with E-state index in [0.29, 0.717) is 40.3 Å². The van der Waals surface area contributed by atoms with E-state index >= 15 is 0 Å². The second-order valence-electron chi connectivity index (χ2n) is 7.21. The number of amides is 1. The molecule has 1 heterocycles. The Morgan fingerprint density at radius 2 is 1.76 bits per heavy atom. The van der Waals surface area contributed by atoms with Crippen LogP contribution in [0.2, 0.25) is 5.02 Å². The molecule has 0 saturated heterocycles. The minimum Gasteiger partial charge on any atom is -0.497 e. The van der Waals surface area contributed by atoms with Gasteiger partial charge in [-0.1, -0.05) is 41.9 Å². The van der Waals surface area contributed by atoms with Crippen LogP contribution in [0.4, 0.5) is 0 Å². The zero-order valence-electron chi connectivity index (χ0n) is 18.0. The molecule has 166 valence electrons. The average molecular weight is 460 g/mol. The Hall–Kier alpha value is -3.90. The molecule has 0 spiro atoms. The Labute approximate surface area is 197 Å². The molecule has 0 saturated carbocycles. The van der Waals surface area contributed by atoms with Gasteiger partial charge >= 0.3 is 0 Å². The highest BCUT2D eigenvalue weighted by Gasteiger charge is 2.10. The van der Waals surface area contributed by atoms with Gasteiger partial charge in [-0.25, -0.2) is 4.98 Å². The second kappa shape index (κ2) is 10.6. The van der Waals surface area contributed by atoms with Gasteiger partial charge in [-0.2, -0.15) is 4.98 Å². The van der Waals surface area contributed by atoms with Gasteiger partial charge in [0.05, 0.1) is 7.11 Å². The number of nitrogens with zero attached hydrogens (tertiary/aromatic N) is 2. The van der Waals surface area contributed by atoms with E-state index in [1.807, 2.05) is 54.6 Å². The monoisotopic (exact) mass is 459 g/mol. The first-order valence-corrected chi connectivity index (χ1v) is 10.8. The lowest BCUT2D eigenvalue weighted by molar-refractivity contribution is 0.0954. The summed E-state index contributed by atoms with van der Waals surface area (Å²) in [4.78, 5) is 21.5. The molecule has 0 unspecified atom stereocenters.